The summed E-state index contributed by atoms with van der Waals surface area (Å²) in [6.45, 7) is 6.02. The second-order valence-corrected chi connectivity index (χ2v) is 7.47. The average Bonchev–Trinajstić information content (AvgIpc) is 2.71. The number of carbonyl (C=O) groups is 1. The van der Waals surface area contributed by atoms with E-state index in [1.807, 2.05) is 13.8 Å². The van der Waals surface area contributed by atoms with E-state index in [1.165, 1.54) is 0 Å². The molecule has 6 unspecified atom stereocenters. The van der Waals surface area contributed by atoms with Gasteiger partial charge in [-0.05, 0) is 63.2 Å². The second kappa shape index (κ2) is 3.30. The first-order chi connectivity index (χ1) is 8.25. The van der Waals surface area contributed by atoms with Gasteiger partial charge in [-0.1, -0.05) is 6.92 Å². The maximum atomic E-state index is 11.9. The fourth-order valence-corrected chi connectivity index (χ4v) is 5.76. The van der Waals surface area contributed by atoms with Crippen LogP contribution in [0.25, 0.3) is 0 Å². The number of hydrogen-bond acceptors (Lipinski definition) is 2. The number of fused-ring (bicyclic) bond motifs is 1. The molecule has 2 N–H and O–H groups in total. The van der Waals surface area contributed by atoms with Crippen molar-refractivity contribution < 1.29 is 15.0 Å². The summed E-state index contributed by atoms with van der Waals surface area (Å²) >= 11 is 0. The van der Waals surface area contributed by atoms with Crippen LogP contribution in [-0.4, -0.2) is 21.8 Å². The lowest BCUT2D eigenvalue weighted by molar-refractivity contribution is -0.160. The van der Waals surface area contributed by atoms with Gasteiger partial charge in [0.2, 0.25) is 0 Å². The molecule has 3 aliphatic rings. The zero-order valence-corrected chi connectivity index (χ0v) is 11.6. The molecule has 0 aromatic carbocycles. The molecule has 3 nitrogen and oxygen atoms in total. The van der Waals surface area contributed by atoms with Gasteiger partial charge in [-0.25, -0.2) is 0 Å². The highest BCUT2D eigenvalue weighted by atomic mass is 16.4. The lowest BCUT2D eigenvalue weighted by Gasteiger charge is -2.44. The molecule has 3 rings (SSSR count). The van der Waals surface area contributed by atoms with Gasteiger partial charge in [0.05, 0.1) is 11.0 Å². The maximum absolute atomic E-state index is 11.9. The Labute approximate surface area is 109 Å². The van der Waals surface area contributed by atoms with Crippen molar-refractivity contribution in [2.24, 2.45) is 28.6 Å². The predicted molar refractivity (Wildman–Crippen MR) is 68.0 cm³/mol. The van der Waals surface area contributed by atoms with Gasteiger partial charge < -0.3 is 10.2 Å². The molecule has 3 saturated carbocycles. The number of carboxylic acids is 1. The number of aliphatic carboxylic acids is 1. The number of rotatable bonds is 1. The quantitative estimate of drug-likeness (QED) is 0.754. The third-order valence-corrected chi connectivity index (χ3v) is 6.90. The first-order valence-corrected chi connectivity index (χ1v) is 7.21. The Bertz CT molecular complexity index is 399. The van der Waals surface area contributed by atoms with Crippen molar-refractivity contribution in [1.82, 2.24) is 0 Å². The van der Waals surface area contributed by atoms with Crippen LogP contribution in [-0.2, 0) is 4.79 Å². The highest BCUT2D eigenvalue weighted by Gasteiger charge is 2.71. The molecule has 3 heteroatoms. The van der Waals surface area contributed by atoms with Crippen LogP contribution in [0.3, 0.4) is 0 Å². The van der Waals surface area contributed by atoms with Crippen LogP contribution < -0.4 is 0 Å². The van der Waals surface area contributed by atoms with Crippen LogP contribution in [0, 0.1) is 28.6 Å². The van der Waals surface area contributed by atoms with Crippen LogP contribution in [0.4, 0.5) is 0 Å². The first-order valence-electron chi connectivity index (χ1n) is 7.21. The highest BCUT2D eigenvalue weighted by Crippen LogP contribution is 2.73. The van der Waals surface area contributed by atoms with Gasteiger partial charge in [0.15, 0.2) is 0 Å². The second-order valence-electron chi connectivity index (χ2n) is 7.47. The lowest BCUT2D eigenvalue weighted by atomic mass is 9.64. The third kappa shape index (κ3) is 1.17. The number of carboxylic acid groups (broad SMARTS) is 1. The van der Waals surface area contributed by atoms with E-state index in [2.05, 4.69) is 6.92 Å². The Hall–Kier alpha value is -0.570. The zero-order valence-electron chi connectivity index (χ0n) is 11.6. The summed E-state index contributed by atoms with van der Waals surface area (Å²) in [5, 5.41) is 20.4. The summed E-state index contributed by atoms with van der Waals surface area (Å²) in [5.74, 6) is 0.0957. The van der Waals surface area contributed by atoms with Crippen molar-refractivity contribution in [1.29, 1.82) is 0 Å². The Kier molecular flexibility index (Phi) is 2.28. The van der Waals surface area contributed by atoms with Crippen molar-refractivity contribution in [2.45, 2.75) is 58.5 Å². The van der Waals surface area contributed by atoms with Crippen molar-refractivity contribution >= 4 is 5.97 Å². The van der Waals surface area contributed by atoms with Gasteiger partial charge in [-0.3, -0.25) is 4.79 Å². The molecule has 2 bridgehead atoms. The Morgan fingerprint density at radius 1 is 1.17 bits per heavy atom. The molecule has 0 radical (unpaired) electrons. The van der Waals surface area contributed by atoms with E-state index < -0.39 is 17.0 Å². The fourth-order valence-electron chi connectivity index (χ4n) is 5.76. The van der Waals surface area contributed by atoms with Crippen LogP contribution in [0.1, 0.15) is 52.9 Å². The third-order valence-electron chi connectivity index (χ3n) is 6.90. The SMILES string of the molecule is CC1CCC2C13CCC(C)(O)C(C3)C2(C)C(=O)O. The standard InChI is InChI=1S/C15H24O3/c1-9-4-5-10-14(3,12(16)17)11-8-15(9,10)7-6-13(11,2)18/h9-11,18H,4-8H2,1-3H3,(H,16,17). The predicted octanol–water partition coefficient (Wildman–Crippen LogP) is 2.67. The van der Waals surface area contributed by atoms with Crippen LogP contribution in [0.5, 0.6) is 0 Å². The van der Waals surface area contributed by atoms with Gasteiger partial charge in [0.25, 0.3) is 0 Å². The van der Waals surface area contributed by atoms with E-state index >= 15 is 0 Å². The molecule has 6 atom stereocenters. The monoisotopic (exact) mass is 252 g/mol. The molecule has 102 valence electrons. The fraction of sp³-hybridized carbons (Fsp3) is 0.933. The van der Waals surface area contributed by atoms with Crippen molar-refractivity contribution in [3.05, 3.63) is 0 Å². The molecule has 0 aromatic heterocycles. The summed E-state index contributed by atoms with van der Waals surface area (Å²) in [6.07, 6.45) is 4.86. The van der Waals surface area contributed by atoms with Crippen LogP contribution >= 0.6 is 0 Å². The molecule has 0 saturated heterocycles. The van der Waals surface area contributed by atoms with E-state index in [9.17, 15) is 15.0 Å². The molecule has 0 heterocycles. The lowest BCUT2D eigenvalue weighted by Crippen LogP contribution is -2.47. The van der Waals surface area contributed by atoms with Crippen LogP contribution in [0.15, 0.2) is 0 Å². The minimum Gasteiger partial charge on any atom is -0.481 e. The molecule has 1 spiro atoms. The van der Waals surface area contributed by atoms with Gasteiger partial charge >= 0.3 is 5.97 Å². The molecular weight excluding hydrogens is 228 g/mol. The summed E-state index contributed by atoms with van der Waals surface area (Å²) < 4.78 is 0. The van der Waals surface area contributed by atoms with Crippen molar-refractivity contribution in [3.8, 4) is 0 Å². The largest absolute Gasteiger partial charge is 0.481 e. The summed E-state index contributed by atoms with van der Waals surface area (Å²) in [4.78, 5) is 11.9. The zero-order chi connectivity index (χ0) is 13.3. The first kappa shape index (κ1) is 12.5. The Morgan fingerprint density at radius 3 is 2.44 bits per heavy atom. The van der Waals surface area contributed by atoms with Crippen LogP contribution in [0.2, 0.25) is 0 Å². The normalized spacial score (nSPS) is 58.6. The van der Waals surface area contributed by atoms with E-state index in [-0.39, 0.29) is 17.3 Å². The molecule has 18 heavy (non-hydrogen) atoms. The number of aliphatic hydroxyl groups is 1. The Morgan fingerprint density at radius 2 is 1.83 bits per heavy atom. The van der Waals surface area contributed by atoms with E-state index in [4.69, 9.17) is 0 Å². The molecule has 0 aliphatic heterocycles. The van der Waals surface area contributed by atoms with Crippen molar-refractivity contribution in [3.63, 3.8) is 0 Å². The molecule has 0 amide bonds. The molecule has 0 aromatic rings. The minimum absolute atomic E-state index is 0.0796. The van der Waals surface area contributed by atoms with E-state index in [1.54, 1.807) is 0 Å². The summed E-state index contributed by atoms with van der Waals surface area (Å²) in [5.41, 5.74) is -1.34. The van der Waals surface area contributed by atoms with Crippen molar-refractivity contribution in [2.75, 3.05) is 0 Å². The molecule has 3 aliphatic carbocycles. The number of hydrogen-bond donors (Lipinski definition) is 2. The van der Waals surface area contributed by atoms with Gasteiger partial charge in [-0.2, -0.15) is 0 Å². The maximum Gasteiger partial charge on any atom is 0.310 e. The highest BCUT2D eigenvalue weighted by molar-refractivity contribution is 5.76. The minimum atomic E-state index is -0.803. The van der Waals surface area contributed by atoms with Gasteiger partial charge in [0.1, 0.15) is 0 Å². The summed E-state index contributed by atoms with van der Waals surface area (Å²) in [6, 6.07) is 0. The molecular formula is C15H24O3. The Balaban J connectivity index is 2.13. The topological polar surface area (TPSA) is 57.5 Å². The molecule has 3 fully saturated rings. The van der Waals surface area contributed by atoms with E-state index in [0.717, 1.165) is 32.1 Å². The summed E-state index contributed by atoms with van der Waals surface area (Å²) in [7, 11) is 0. The smallest absolute Gasteiger partial charge is 0.310 e. The average molecular weight is 252 g/mol. The van der Waals surface area contributed by atoms with Gasteiger partial charge in [0, 0.05) is 5.92 Å². The van der Waals surface area contributed by atoms with Gasteiger partial charge in [-0.15, -0.1) is 0 Å². The van der Waals surface area contributed by atoms with E-state index in [0.29, 0.717) is 5.92 Å².